The van der Waals surface area contributed by atoms with E-state index in [1.54, 1.807) is 7.11 Å². The van der Waals surface area contributed by atoms with Crippen molar-refractivity contribution in [2.75, 3.05) is 7.11 Å². The molecule has 3 heteroatoms. The highest BCUT2D eigenvalue weighted by molar-refractivity contribution is 5.65. The van der Waals surface area contributed by atoms with Gasteiger partial charge in [0.05, 0.1) is 18.4 Å². The topological polar surface area (TPSA) is 35.3 Å². The summed E-state index contributed by atoms with van der Waals surface area (Å²) in [5.74, 6) is 1.54. The molecule has 1 heterocycles. The second-order valence-electron chi connectivity index (χ2n) is 5.03. The highest BCUT2D eigenvalue weighted by atomic mass is 16.5. The average Bonchev–Trinajstić information content (AvgIpc) is 2.77. The van der Waals surface area contributed by atoms with Crippen molar-refractivity contribution in [2.45, 2.75) is 26.2 Å². The SMILES string of the molecule is COc1ccccc1-c1cc(C(C)(C)C)no1. The third kappa shape index (κ3) is 2.33. The second kappa shape index (κ2) is 4.24. The van der Waals surface area contributed by atoms with Crippen molar-refractivity contribution in [3.05, 3.63) is 36.0 Å². The lowest BCUT2D eigenvalue weighted by Gasteiger charge is -2.12. The Balaban J connectivity index is 2.44. The number of rotatable bonds is 2. The van der Waals surface area contributed by atoms with Gasteiger partial charge in [0.25, 0.3) is 0 Å². The van der Waals surface area contributed by atoms with Crippen LogP contribution < -0.4 is 4.74 Å². The largest absolute Gasteiger partial charge is 0.496 e. The highest BCUT2D eigenvalue weighted by Gasteiger charge is 2.20. The Hall–Kier alpha value is -1.77. The molecule has 0 N–H and O–H groups in total. The molecular weight excluding hydrogens is 214 g/mol. The van der Waals surface area contributed by atoms with Crippen LogP contribution in [0.25, 0.3) is 11.3 Å². The Morgan fingerprint density at radius 2 is 1.88 bits per heavy atom. The fraction of sp³-hybridized carbons (Fsp3) is 0.357. The molecule has 0 spiro atoms. The predicted octanol–water partition coefficient (Wildman–Crippen LogP) is 3.65. The fourth-order valence-electron chi connectivity index (χ4n) is 1.60. The molecule has 2 rings (SSSR count). The molecule has 0 aliphatic carbocycles. The summed E-state index contributed by atoms with van der Waals surface area (Å²) in [6, 6.07) is 9.73. The maximum Gasteiger partial charge on any atom is 0.170 e. The molecule has 0 saturated carbocycles. The molecule has 0 bridgehead atoms. The van der Waals surface area contributed by atoms with Gasteiger partial charge in [0.15, 0.2) is 5.76 Å². The minimum Gasteiger partial charge on any atom is -0.496 e. The summed E-state index contributed by atoms with van der Waals surface area (Å²) in [5.41, 5.74) is 1.86. The van der Waals surface area contributed by atoms with Crippen molar-refractivity contribution >= 4 is 0 Å². The minimum absolute atomic E-state index is 0.0102. The van der Waals surface area contributed by atoms with E-state index in [-0.39, 0.29) is 5.41 Å². The Bertz CT molecular complexity index is 509. The summed E-state index contributed by atoms with van der Waals surface area (Å²) in [6.45, 7) is 6.32. The Labute approximate surface area is 101 Å². The van der Waals surface area contributed by atoms with E-state index in [9.17, 15) is 0 Å². The molecule has 0 unspecified atom stereocenters. The van der Waals surface area contributed by atoms with Gasteiger partial charge in [-0.05, 0) is 12.1 Å². The number of para-hydroxylation sites is 1. The molecule has 0 radical (unpaired) electrons. The lowest BCUT2D eigenvalue weighted by Crippen LogP contribution is -2.10. The molecular formula is C14H17NO2. The first-order valence-corrected chi connectivity index (χ1v) is 5.63. The zero-order valence-electron chi connectivity index (χ0n) is 10.7. The van der Waals surface area contributed by atoms with Crippen LogP contribution in [0.1, 0.15) is 26.5 Å². The summed E-state index contributed by atoms with van der Waals surface area (Å²) in [4.78, 5) is 0. The van der Waals surface area contributed by atoms with Crippen LogP contribution in [0.15, 0.2) is 34.9 Å². The van der Waals surface area contributed by atoms with Gasteiger partial charge < -0.3 is 9.26 Å². The Kier molecular flexibility index (Phi) is 2.92. The standard InChI is InChI=1S/C14H17NO2/c1-14(2,3)13-9-12(17-15-13)10-7-5-6-8-11(10)16-4/h5-9H,1-4H3. The summed E-state index contributed by atoms with van der Waals surface area (Å²) in [7, 11) is 1.65. The first-order chi connectivity index (χ1) is 8.02. The van der Waals surface area contributed by atoms with Gasteiger partial charge in [-0.25, -0.2) is 0 Å². The second-order valence-corrected chi connectivity index (χ2v) is 5.03. The molecule has 90 valence electrons. The van der Waals surface area contributed by atoms with E-state index in [1.165, 1.54) is 0 Å². The van der Waals surface area contributed by atoms with Crippen molar-refractivity contribution in [3.8, 4) is 17.1 Å². The van der Waals surface area contributed by atoms with Gasteiger partial charge in [0.1, 0.15) is 5.75 Å². The lowest BCUT2D eigenvalue weighted by molar-refractivity contribution is 0.393. The summed E-state index contributed by atoms with van der Waals surface area (Å²) < 4.78 is 10.7. The molecule has 0 fully saturated rings. The number of aromatic nitrogens is 1. The number of benzene rings is 1. The molecule has 3 nitrogen and oxygen atoms in total. The van der Waals surface area contributed by atoms with E-state index in [0.29, 0.717) is 0 Å². The zero-order chi connectivity index (χ0) is 12.5. The Morgan fingerprint density at radius 3 is 2.47 bits per heavy atom. The van der Waals surface area contributed by atoms with E-state index in [4.69, 9.17) is 9.26 Å². The molecule has 1 aromatic carbocycles. The molecule has 0 atom stereocenters. The van der Waals surface area contributed by atoms with Crippen molar-refractivity contribution in [2.24, 2.45) is 0 Å². The number of ether oxygens (including phenoxy) is 1. The summed E-state index contributed by atoms with van der Waals surface area (Å²) in [6.07, 6.45) is 0. The van der Waals surface area contributed by atoms with E-state index >= 15 is 0 Å². The Morgan fingerprint density at radius 1 is 1.18 bits per heavy atom. The van der Waals surface area contributed by atoms with Crippen molar-refractivity contribution < 1.29 is 9.26 Å². The van der Waals surface area contributed by atoms with Crippen LogP contribution in [0.2, 0.25) is 0 Å². The number of hydrogen-bond acceptors (Lipinski definition) is 3. The van der Waals surface area contributed by atoms with Crippen LogP contribution in [0.3, 0.4) is 0 Å². The molecule has 2 aromatic rings. The van der Waals surface area contributed by atoms with Crippen LogP contribution in [0.5, 0.6) is 5.75 Å². The van der Waals surface area contributed by atoms with Crippen molar-refractivity contribution in [1.82, 2.24) is 5.16 Å². The molecule has 0 saturated heterocycles. The molecule has 1 aromatic heterocycles. The monoisotopic (exact) mass is 231 g/mol. The summed E-state index contributed by atoms with van der Waals surface area (Å²) >= 11 is 0. The van der Waals surface area contributed by atoms with E-state index in [1.807, 2.05) is 30.3 Å². The normalized spacial score (nSPS) is 11.5. The quantitative estimate of drug-likeness (QED) is 0.791. The molecule has 0 aliphatic rings. The number of hydrogen-bond donors (Lipinski definition) is 0. The lowest BCUT2D eigenvalue weighted by atomic mass is 9.92. The minimum atomic E-state index is -0.0102. The van der Waals surface area contributed by atoms with Gasteiger partial charge in [-0.1, -0.05) is 38.1 Å². The van der Waals surface area contributed by atoms with Crippen molar-refractivity contribution in [1.29, 1.82) is 0 Å². The van der Waals surface area contributed by atoms with Crippen LogP contribution in [-0.2, 0) is 5.41 Å². The zero-order valence-corrected chi connectivity index (χ0v) is 10.7. The van der Waals surface area contributed by atoms with Crippen LogP contribution in [-0.4, -0.2) is 12.3 Å². The van der Waals surface area contributed by atoms with Gasteiger partial charge in [0.2, 0.25) is 0 Å². The van der Waals surface area contributed by atoms with Crippen LogP contribution in [0.4, 0.5) is 0 Å². The summed E-state index contributed by atoms with van der Waals surface area (Å²) in [5, 5.41) is 4.11. The number of nitrogens with zero attached hydrogens (tertiary/aromatic N) is 1. The third-order valence-corrected chi connectivity index (χ3v) is 2.65. The van der Waals surface area contributed by atoms with E-state index in [2.05, 4.69) is 25.9 Å². The van der Waals surface area contributed by atoms with E-state index < -0.39 is 0 Å². The van der Waals surface area contributed by atoms with Gasteiger partial charge in [-0.3, -0.25) is 0 Å². The van der Waals surface area contributed by atoms with Gasteiger partial charge in [0, 0.05) is 11.5 Å². The van der Waals surface area contributed by atoms with Crippen LogP contribution in [0, 0.1) is 0 Å². The van der Waals surface area contributed by atoms with Crippen molar-refractivity contribution in [3.63, 3.8) is 0 Å². The van der Waals surface area contributed by atoms with Crippen LogP contribution >= 0.6 is 0 Å². The van der Waals surface area contributed by atoms with Gasteiger partial charge in [-0.2, -0.15) is 0 Å². The molecule has 0 aliphatic heterocycles. The van der Waals surface area contributed by atoms with Gasteiger partial charge in [-0.15, -0.1) is 0 Å². The fourth-order valence-corrected chi connectivity index (χ4v) is 1.60. The third-order valence-electron chi connectivity index (χ3n) is 2.65. The number of methoxy groups -OCH3 is 1. The highest BCUT2D eigenvalue weighted by Crippen LogP contribution is 2.32. The molecule has 17 heavy (non-hydrogen) atoms. The average molecular weight is 231 g/mol. The first kappa shape index (κ1) is 11.7. The van der Waals surface area contributed by atoms with Gasteiger partial charge >= 0.3 is 0 Å². The molecule has 0 amide bonds. The first-order valence-electron chi connectivity index (χ1n) is 5.63. The maximum atomic E-state index is 5.39. The maximum absolute atomic E-state index is 5.39. The van der Waals surface area contributed by atoms with E-state index in [0.717, 1.165) is 22.8 Å². The smallest absolute Gasteiger partial charge is 0.170 e. The predicted molar refractivity (Wildman–Crippen MR) is 67.2 cm³/mol.